The number of nitrogens with one attached hydrogen (secondary N) is 1. The number of nitrogens with zero attached hydrogens (tertiary/aromatic N) is 2. The Labute approximate surface area is 78.6 Å². The number of imidazole rings is 1. The Bertz CT molecular complexity index is 245. The molecule has 1 unspecified atom stereocenters. The molecule has 0 fully saturated rings. The highest BCUT2D eigenvalue weighted by Crippen LogP contribution is 1.96. The topological polar surface area (TPSA) is 50.1 Å². The maximum absolute atomic E-state index is 9.02. The van der Waals surface area contributed by atoms with Gasteiger partial charge in [-0.25, -0.2) is 4.98 Å². The first-order valence-corrected chi connectivity index (χ1v) is 4.62. The highest BCUT2D eigenvalue weighted by atomic mass is 16.3. The number of hydrogen-bond acceptors (Lipinski definition) is 3. The van der Waals surface area contributed by atoms with E-state index in [4.69, 9.17) is 5.11 Å². The van der Waals surface area contributed by atoms with Gasteiger partial charge >= 0.3 is 0 Å². The molecule has 4 heteroatoms. The summed E-state index contributed by atoms with van der Waals surface area (Å²) in [7, 11) is 0. The lowest BCUT2D eigenvalue weighted by Crippen LogP contribution is -2.25. The predicted molar refractivity (Wildman–Crippen MR) is 51.3 cm³/mol. The number of aryl methyl sites for hydroxylation is 1. The van der Waals surface area contributed by atoms with Crippen molar-refractivity contribution in [3.8, 4) is 0 Å². The summed E-state index contributed by atoms with van der Waals surface area (Å²) in [5.41, 5.74) is 0. The van der Waals surface area contributed by atoms with Gasteiger partial charge < -0.3 is 15.0 Å². The third-order valence-electron chi connectivity index (χ3n) is 1.87. The van der Waals surface area contributed by atoms with Crippen molar-refractivity contribution in [3.63, 3.8) is 0 Å². The fraction of sp³-hybridized carbons (Fsp3) is 0.667. The van der Waals surface area contributed by atoms with Crippen molar-refractivity contribution in [1.82, 2.24) is 14.9 Å². The molecule has 4 nitrogen and oxygen atoms in total. The van der Waals surface area contributed by atoms with Crippen molar-refractivity contribution < 1.29 is 5.11 Å². The Kier molecular flexibility index (Phi) is 3.92. The summed E-state index contributed by atoms with van der Waals surface area (Å²) in [6.07, 6.45) is 3.45. The number of aliphatic hydroxyl groups excluding tert-OH is 1. The Morgan fingerprint density at radius 3 is 3.08 bits per heavy atom. The summed E-state index contributed by atoms with van der Waals surface area (Å²) < 4.78 is 2.08. The van der Waals surface area contributed by atoms with Gasteiger partial charge in [0.05, 0.1) is 12.6 Å². The molecule has 0 spiro atoms. The Balaban J connectivity index is 2.36. The lowest BCUT2D eigenvalue weighted by atomic mass is 10.4. The van der Waals surface area contributed by atoms with Crippen LogP contribution < -0.4 is 5.32 Å². The first-order chi connectivity index (χ1) is 6.24. The van der Waals surface area contributed by atoms with E-state index in [9.17, 15) is 0 Å². The molecule has 2 N–H and O–H groups in total. The zero-order valence-electron chi connectivity index (χ0n) is 8.20. The number of hydrogen-bond donors (Lipinski definition) is 2. The highest BCUT2D eigenvalue weighted by molar-refractivity contribution is 4.91. The van der Waals surface area contributed by atoms with Crippen molar-refractivity contribution in [2.24, 2.45) is 0 Å². The Morgan fingerprint density at radius 1 is 1.69 bits per heavy atom. The molecule has 1 atom stereocenters. The molecule has 0 aliphatic rings. The van der Waals surface area contributed by atoms with Crippen molar-refractivity contribution >= 4 is 0 Å². The van der Waals surface area contributed by atoms with E-state index in [0.29, 0.717) is 13.1 Å². The van der Waals surface area contributed by atoms with Crippen LogP contribution in [0.15, 0.2) is 12.4 Å². The maximum Gasteiger partial charge on any atom is 0.122 e. The summed E-state index contributed by atoms with van der Waals surface area (Å²) in [5.74, 6) is 1.02. The van der Waals surface area contributed by atoms with Crippen LogP contribution in [0.5, 0.6) is 0 Å². The van der Waals surface area contributed by atoms with Gasteiger partial charge in [-0.2, -0.15) is 0 Å². The van der Waals surface area contributed by atoms with Crippen molar-refractivity contribution in [2.75, 3.05) is 6.54 Å². The summed E-state index contributed by atoms with van der Waals surface area (Å²) >= 11 is 0. The van der Waals surface area contributed by atoms with Gasteiger partial charge in [0, 0.05) is 25.5 Å². The van der Waals surface area contributed by atoms with Crippen LogP contribution in [-0.2, 0) is 13.1 Å². The van der Waals surface area contributed by atoms with Gasteiger partial charge in [-0.15, -0.1) is 0 Å². The average Bonchev–Trinajstić information content (AvgIpc) is 2.51. The van der Waals surface area contributed by atoms with Crippen molar-refractivity contribution in [2.45, 2.75) is 33.0 Å². The molecule has 0 saturated carbocycles. The maximum atomic E-state index is 9.02. The molecule has 0 aromatic carbocycles. The first kappa shape index (κ1) is 10.2. The average molecular weight is 183 g/mol. The van der Waals surface area contributed by atoms with E-state index in [-0.39, 0.29) is 6.10 Å². The van der Waals surface area contributed by atoms with Gasteiger partial charge in [0.1, 0.15) is 5.82 Å². The highest BCUT2D eigenvalue weighted by Gasteiger charge is 2.00. The van der Waals surface area contributed by atoms with Gasteiger partial charge in [0.15, 0.2) is 0 Å². The van der Waals surface area contributed by atoms with Crippen LogP contribution in [0.1, 0.15) is 19.7 Å². The fourth-order valence-corrected chi connectivity index (χ4v) is 1.19. The SMILES string of the molecule is CCn1ccnc1CNCC(C)O. The van der Waals surface area contributed by atoms with Crippen LogP contribution in [-0.4, -0.2) is 27.3 Å². The smallest absolute Gasteiger partial charge is 0.122 e. The summed E-state index contributed by atoms with van der Waals surface area (Å²) in [5, 5.41) is 12.1. The van der Waals surface area contributed by atoms with Gasteiger partial charge in [-0.1, -0.05) is 0 Å². The quantitative estimate of drug-likeness (QED) is 0.693. The number of aromatic nitrogens is 2. The number of aliphatic hydroxyl groups is 1. The van der Waals surface area contributed by atoms with Gasteiger partial charge in [-0.05, 0) is 13.8 Å². The molecule has 1 aromatic heterocycles. The third kappa shape index (κ3) is 3.16. The zero-order chi connectivity index (χ0) is 9.68. The molecule has 1 heterocycles. The molecule has 0 radical (unpaired) electrons. The lowest BCUT2D eigenvalue weighted by molar-refractivity contribution is 0.190. The van der Waals surface area contributed by atoms with E-state index in [0.717, 1.165) is 12.4 Å². The second-order valence-electron chi connectivity index (χ2n) is 3.11. The van der Waals surface area contributed by atoms with Crippen LogP contribution in [0.4, 0.5) is 0 Å². The monoisotopic (exact) mass is 183 g/mol. The minimum Gasteiger partial charge on any atom is -0.392 e. The molecule has 0 saturated heterocycles. The van der Waals surface area contributed by atoms with E-state index < -0.39 is 0 Å². The van der Waals surface area contributed by atoms with E-state index in [2.05, 4.69) is 21.8 Å². The molecule has 0 bridgehead atoms. The summed E-state index contributed by atoms with van der Waals surface area (Å²) in [4.78, 5) is 4.20. The lowest BCUT2D eigenvalue weighted by Gasteiger charge is -2.07. The minimum absolute atomic E-state index is 0.301. The molecule has 74 valence electrons. The van der Waals surface area contributed by atoms with Crippen LogP contribution in [0.25, 0.3) is 0 Å². The third-order valence-corrected chi connectivity index (χ3v) is 1.87. The fourth-order valence-electron chi connectivity index (χ4n) is 1.19. The number of rotatable bonds is 5. The van der Waals surface area contributed by atoms with Gasteiger partial charge in [-0.3, -0.25) is 0 Å². The molecular formula is C9H17N3O. The van der Waals surface area contributed by atoms with E-state index >= 15 is 0 Å². The Hall–Kier alpha value is -0.870. The second-order valence-corrected chi connectivity index (χ2v) is 3.11. The minimum atomic E-state index is -0.301. The van der Waals surface area contributed by atoms with Crippen molar-refractivity contribution in [1.29, 1.82) is 0 Å². The van der Waals surface area contributed by atoms with Gasteiger partial charge in [0.25, 0.3) is 0 Å². The molecule has 0 amide bonds. The van der Waals surface area contributed by atoms with Crippen LogP contribution in [0, 0.1) is 0 Å². The summed E-state index contributed by atoms with van der Waals surface area (Å²) in [6.45, 7) is 6.10. The van der Waals surface area contributed by atoms with E-state index in [1.165, 1.54) is 0 Å². The van der Waals surface area contributed by atoms with Crippen LogP contribution in [0.2, 0.25) is 0 Å². The zero-order valence-corrected chi connectivity index (χ0v) is 8.20. The molecule has 1 rings (SSSR count). The Morgan fingerprint density at radius 2 is 2.46 bits per heavy atom. The van der Waals surface area contributed by atoms with Crippen LogP contribution >= 0.6 is 0 Å². The molecule has 0 aliphatic carbocycles. The largest absolute Gasteiger partial charge is 0.392 e. The van der Waals surface area contributed by atoms with Crippen LogP contribution in [0.3, 0.4) is 0 Å². The van der Waals surface area contributed by atoms with E-state index in [1.54, 1.807) is 13.1 Å². The van der Waals surface area contributed by atoms with Crippen molar-refractivity contribution in [3.05, 3.63) is 18.2 Å². The van der Waals surface area contributed by atoms with E-state index in [1.807, 2.05) is 6.20 Å². The molecule has 0 aliphatic heterocycles. The molecule has 13 heavy (non-hydrogen) atoms. The van der Waals surface area contributed by atoms with Gasteiger partial charge in [0.2, 0.25) is 0 Å². The standard InChI is InChI=1S/C9H17N3O/c1-3-12-5-4-11-9(12)7-10-6-8(2)13/h4-5,8,10,13H,3,6-7H2,1-2H3. The summed E-state index contributed by atoms with van der Waals surface area (Å²) in [6, 6.07) is 0. The normalized spacial score (nSPS) is 13.2. The second kappa shape index (κ2) is 4.99. The molecule has 1 aromatic rings. The molecular weight excluding hydrogens is 166 g/mol. The first-order valence-electron chi connectivity index (χ1n) is 4.62. The predicted octanol–water partition coefficient (Wildman–Crippen LogP) is 0.373.